The first kappa shape index (κ1) is 7.32. The zero-order chi connectivity index (χ0) is 7.72. The first-order chi connectivity index (χ1) is 4.63. The predicted molar refractivity (Wildman–Crippen MR) is 52.6 cm³/mol. The number of hydrogen-bond donors (Lipinski definition) is 1. The zero-order valence-electron chi connectivity index (χ0n) is 6.60. The van der Waals surface area contributed by atoms with Crippen molar-refractivity contribution >= 4 is 39.9 Å². The predicted octanol–water partition coefficient (Wildman–Crippen LogP) is -3.83. The molecule has 0 unspecified atom stereocenters. The normalized spacial score (nSPS) is 9.60. The molecule has 1 rings (SSSR count). The fourth-order valence-corrected chi connectivity index (χ4v) is 0.942. The number of hydrogen-bond acceptors (Lipinski definition) is 1. The van der Waals surface area contributed by atoms with Crippen LogP contribution in [-0.4, -0.2) is 28.6 Å². The van der Waals surface area contributed by atoms with E-state index in [1.54, 1.807) is 6.07 Å². The second-order valence-corrected chi connectivity index (χ2v) is 2.65. The van der Waals surface area contributed by atoms with Gasteiger partial charge in [0.1, 0.15) is 29.3 Å². The van der Waals surface area contributed by atoms with Crippen LogP contribution >= 0.6 is 0 Å². The summed E-state index contributed by atoms with van der Waals surface area (Å²) >= 11 is 0. The lowest BCUT2D eigenvalue weighted by molar-refractivity contribution is 0.480. The molecular weight excluding hydrogens is 121 g/mol. The van der Waals surface area contributed by atoms with Crippen LogP contribution in [0.15, 0.2) is 12.1 Å². The highest BCUT2D eigenvalue weighted by Crippen LogP contribution is 1.96. The highest BCUT2D eigenvalue weighted by atomic mass is 16.3. The Morgan fingerprint density at radius 2 is 1.60 bits per heavy atom. The quantitative estimate of drug-likeness (QED) is 0.356. The van der Waals surface area contributed by atoms with Crippen LogP contribution in [0, 0.1) is 0 Å². The van der Waals surface area contributed by atoms with Crippen LogP contribution in [0.25, 0.3) is 0 Å². The molecule has 1 aromatic carbocycles. The molecule has 0 bridgehead atoms. The summed E-state index contributed by atoms with van der Waals surface area (Å²) in [7, 11) is 5.99. The van der Waals surface area contributed by atoms with Crippen LogP contribution in [0.1, 0.15) is 0 Å². The van der Waals surface area contributed by atoms with Gasteiger partial charge in [0.25, 0.3) is 0 Å². The Kier molecular flexibility index (Phi) is 1.79. The summed E-state index contributed by atoms with van der Waals surface area (Å²) in [6, 6.07) is 3.66. The minimum atomic E-state index is 0.392. The molecule has 0 aliphatic heterocycles. The number of rotatable bonds is 0. The monoisotopic (exact) mass is 130 g/mol. The van der Waals surface area contributed by atoms with Gasteiger partial charge >= 0.3 is 0 Å². The number of benzene rings is 1. The van der Waals surface area contributed by atoms with E-state index in [9.17, 15) is 5.11 Å². The van der Waals surface area contributed by atoms with Crippen molar-refractivity contribution in [2.45, 2.75) is 0 Å². The lowest BCUT2D eigenvalue weighted by Gasteiger charge is -2.05. The Bertz CT molecular complexity index is 232. The van der Waals surface area contributed by atoms with Crippen molar-refractivity contribution in [2.75, 3.05) is 0 Å². The Labute approximate surface area is 63.7 Å². The summed E-state index contributed by atoms with van der Waals surface area (Å²) in [4.78, 5) is 0. The fraction of sp³-hybridized carbons (Fsp3) is 0. The molecular formula is C6H9B3O. The van der Waals surface area contributed by atoms with Crippen molar-refractivity contribution < 1.29 is 5.11 Å². The molecule has 0 spiro atoms. The first-order valence-corrected chi connectivity index (χ1v) is 3.38. The highest BCUT2D eigenvalue weighted by Gasteiger charge is 1.99. The standard InChI is InChI=1S/C6H9B3O/c7-3-1-2-4(10)6(9)5(3)8/h1-2,10H,7-9H2. The molecule has 0 aliphatic rings. The van der Waals surface area contributed by atoms with Gasteiger partial charge in [0.05, 0.1) is 0 Å². The van der Waals surface area contributed by atoms with Gasteiger partial charge in [-0.2, -0.15) is 0 Å². The van der Waals surface area contributed by atoms with E-state index >= 15 is 0 Å². The second-order valence-electron chi connectivity index (χ2n) is 2.65. The van der Waals surface area contributed by atoms with Gasteiger partial charge in [0.2, 0.25) is 0 Å². The molecule has 0 saturated heterocycles. The van der Waals surface area contributed by atoms with Crippen LogP contribution in [-0.2, 0) is 0 Å². The molecule has 1 aromatic rings. The van der Waals surface area contributed by atoms with Crippen molar-refractivity contribution in [2.24, 2.45) is 0 Å². The topological polar surface area (TPSA) is 20.2 Å². The van der Waals surface area contributed by atoms with E-state index in [2.05, 4.69) is 0 Å². The third-order valence-corrected chi connectivity index (χ3v) is 2.03. The van der Waals surface area contributed by atoms with Gasteiger partial charge in [-0.25, -0.2) is 0 Å². The number of phenolic OH excluding ortho intramolecular Hbond substituents is 1. The summed E-state index contributed by atoms with van der Waals surface area (Å²) < 4.78 is 0. The molecule has 1 nitrogen and oxygen atoms in total. The number of aromatic hydroxyl groups is 1. The lowest BCUT2D eigenvalue weighted by Crippen LogP contribution is -2.38. The van der Waals surface area contributed by atoms with Crippen molar-refractivity contribution in [3.05, 3.63) is 12.1 Å². The van der Waals surface area contributed by atoms with E-state index < -0.39 is 0 Å². The molecule has 0 aromatic heterocycles. The van der Waals surface area contributed by atoms with Gasteiger partial charge in [0.15, 0.2) is 0 Å². The SMILES string of the molecule is Bc1ccc(O)c(B)c1B. The second kappa shape index (κ2) is 2.45. The Hall–Kier alpha value is -0.785. The summed E-state index contributed by atoms with van der Waals surface area (Å²) in [5.41, 5.74) is 3.40. The average Bonchev–Trinajstić information content (AvgIpc) is 1.93. The summed E-state index contributed by atoms with van der Waals surface area (Å²) in [6.07, 6.45) is 0. The van der Waals surface area contributed by atoms with Gasteiger partial charge in [-0.3, -0.25) is 0 Å². The smallest absolute Gasteiger partial charge is 0.143 e. The van der Waals surface area contributed by atoms with Crippen LogP contribution in [0.5, 0.6) is 5.75 Å². The minimum Gasteiger partial charge on any atom is -0.509 e. The largest absolute Gasteiger partial charge is 0.509 e. The van der Waals surface area contributed by atoms with Crippen LogP contribution in [0.3, 0.4) is 0 Å². The average molecular weight is 130 g/mol. The lowest BCUT2D eigenvalue weighted by atomic mass is 9.72. The first-order valence-electron chi connectivity index (χ1n) is 3.38. The maximum Gasteiger partial charge on any atom is 0.143 e. The molecule has 0 amide bonds. The van der Waals surface area contributed by atoms with E-state index in [4.69, 9.17) is 0 Å². The molecule has 0 saturated carbocycles. The van der Waals surface area contributed by atoms with E-state index in [1.807, 2.05) is 29.6 Å². The van der Waals surface area contributed by atoms with Crippen molar-refractivity contribution in [3.8, 4) is 5.75 Å². The summed E-state index contributed by atoms with van der Waals surface area (Å²) in [6.45, 7) is 0. The van der Waals surface area contributed by atoms with Crippen molar-refractivity contribution in [3.63, 3.8) is 0 Å². The fourth-order valence-electron chi connectivity index (χ4n) is 0.942. The van der Waals surface area contributed by atoms with Crippen LogP contribution < -0.4 is 16.4 Å². The molecule has 10 heavy (non-hydrogen) atoms. The van der Waals surface area contributed by atoms with Crippen molar-refractivity contribution in [1.82, 2.24) is 0 Å². The highest BCUT2D eigenvalue weighted by molar-refractivity contribution is 6.57. The van der Waals surface area contributed by atoms with Gasteiger partial charge in [0, 0.05) is 0 Å². The molecule has 48 valence electrons. The Balaban J connectivity index is 3.34. The van der Waals surface area contributed by atoms with Crippen LogP contribution in [0.2, 0.25) is 0 Å². The van der Waals surface area contributed by atoms with Gasteiger partial charge < -0.3 is 5.11 Å². The molecule has 0 atom stereocenters. The van der Waals surface area contributed by atoms with Crippen molar-refractivity contribution in [1.29, 1.82) is 0 Å². The maximum absolute atomic E-state index is 9.22. The molecule has 0 radical (unpaired) electrons. The van der Waals surface area contributed by atoms with Crippen LogP contribution in [0.4, 0.5) is 0 Å². The van der Waals surface area contributed by atoms with Gasteiger partial charge in [-0.15, -0.1) is 0 Å². The molecule has 0 aliphatic carbocycles. The molecule has 1 N–H and O–H groups in total. The van der Waals surface area contributed by atoms with Gasteiger partial charge in [-0.05, 0) is 6.07 Å². The Morgan fingerprint density at radius 1 is 1.00 bits per heavy atom. The Morgan fingerprint density at radius 3 is 2.10 bits per heavy atom. The maximum atomic E-state index is 9.22. The number of phenols is 1. The van der Waals surface area contributed by atoms with E-state index in [1.165, 1.54) is 10.9 Å². The zero-order valence-corrected chi connectivity index (χ0v) is 6.60. The summed E-state index contributed by atoms with van der Waals surface area (Å²) in [5.74, 6) is 0.392. The van der Waals surface area contributed by atoms with Gasteiger partial charge in [-0.1, -0.05) is 22.5 Å². The summed E-state index contributed by atoms with van der Waals surface area (Å²) in [5, 5.41) is 9.22. The van der Waals surface area contributed by atoms with E-state index in [0.29, 0.717) is 5.75 Å². The molecule has 4 heteroatoms. The molecule has 0 fully saturated rings. The molecule has 0 heterocycles. The van der Waals surface area contributed by atoms with E-state index in [-0.39, 0.29) is 0 Å². The third kappa shape index (κ3) is 1.06. The minimum absolute atomic E-state index is 0.392. The third-order valence-electron chi connectivity index (χ3n) is 2.03. The van der Waals surface area contributed by atoms with E-state index in [0.717, 1.165) is 5.46 Å².